The molecule has 0 aromatic heterocycles. The maximum absolute atomic E-state index is 14.2. The fraction of sp³-hybridized carbons (Fsp3) is 0.969. The second-order valence-electron chi connectivity index (χ2n) is 23.8. The van der Waals surface area contributed by atoms with Gasteiger partial charge in [-0.25, -0.2) is 4.57 Å². The van der Waals surface area contributed by atoms with E-state index >= 15 is 0 Å². The zero-order valence-corrected chi connectivity index (χ0v) is 52.4. The highest BCUT2D eigenvalue weighted by molar-refractivity contribution is 7.48. The molecule has 77 heavy (non-hydrogen) atoms. The van der Waals surface area contributed by atoms with Crippen molar-refractivity contribution in [2.45, 2.75) is 342 Å². The van der Waals surface area contributed by atoms with Crippen LogP contribution < -0.4 is 0 Å². The van der Waals surface area contributed by atoms with Crippen molar-refractivity contribution < 1.29 is 37.2 Å². The maximum Gasteiger partial charge on any atom is 0.474 e. The van der Waals surface area contributed by atoms with E-state index in [0.29, 0.717) is 32.7 Å². The zero-order chi connectivity index (χ0) is 55.4. The molecule has 0 radical (unpaired) electrons. The number of nitrogens with zero attached hydrogens (tertiary/aromatic N) is 3. The van der Waals surface area contributed by atoms with Gasteiger partial charge >= 0.3 is 19.8 Å². The number of phosphoric ester groups is 1. The monoisotopic (exact) mass is 1110 g/mol. The normalized spacial score (nSPS) is 14.9. The molecule has 0 N–H and O–H groups in total. The highest BCUT2D eigenvalue weighted by Crippen LogP contribution is 2.50. The molecule has 0 unspecified atom stereocenters. The third-order valence-corrected chi connectivity index (χ3v) is 17.7. The number of rotatable bonds is 57. The van der Waals surface area contributed by atoms with Crippen LogP contribution >= 0.6 is 7.82 Å². The number of unbranched alkanes of at least 4 members (excludes halogenated alkanes) is 28. The van der Waals surface area contributed by atoms with Crippen LogP contribution in [0.15, 0.2) is 0 Å². The SMILES string of the molecule is CCCCCCCCC(CCCCCCCC)OC(=O)CCCCCCCOP(=O)(OCCCCCCCC(=O)OC(CCCCCCCC)CCCCCCCC)OCCCN(CN1CCCCC1)CN1CCCCC1. The van der Waals surface area contributed by atoms with Crippen LogP contribution in [-0.4, -0.2) is 105 Å². The number of esters is 2. The Hall–Kier alpha value is -1.07. The van der Waals surface area contributed by atoms with Gasteiger partial charge < -0.3 is 9.47 Å². The van der Waals surface area contributed by atoms with E-state index in [9.17, 15) is 14.2 Å². The van der Waals surface area contributed by atoms with Crippen LogP contribution in [0.2, 0.25) is 0 Å². The van der Waals surface area contributed by atoms with Gasteiger partial charge in [0.25, 0.3) is 0 Å². The van der Waals surface area contributed by atoms with Gasteiger partial charge in [0.2, 0.25) is 0 Å². The van der Waals surface area contributed by atoms with E-state index in [1.165, 1.54) is 193 Å². The number of ether oxygens (including phenoxy) is 2. The van der Waals surface area contributed by atoms with Crippen molar-refractivity contribution in [2.75, 3.05) is 65.9 Å². The van der Waals surface area contributed by atoms with Crippen LogP contribution in [-0.2, 0) is 37.2 Å². The summed E-state index contributed by atoms with van der Waals surface area (Å²) >= 11 is 0. The van der Waals surface area contributed by atoms with Crippen LogP contribution in [0.1, 0.15) is 329 Å². The highest BCUT2D eigenvalue weighted by atomic mass is 31.2. The molecular weight excluding hydrogens is 982 g/mol. The minimum atomic E-state index is -3.75. The number of hydrogen-bond donors (Lipinski definition) is 0. The molecule has 456 valence electrons. The van der Waals surface area contributed by atoms with E-state index in [2.05, 4.69) is 42.4 Å². The molecule has 2 rings (SSSR count). The predicted molar refractivity (Wildman–Crippen MR) is 325 cm³/mol. The lowest BCUT2D eigenvalue weighted by Crippen LogP contribution is -2.47. The molecule has 2 aliphatic heterocycles. The van der Waals surface area contributed by atoms with Gasteiger partial charge in [-0.15, -0.1) is 0 Å². The molecule has 0 aromatic rings. The van der Waals surface area contributed by atoms with Crippen molar-refractivity contribution in [3.05, 3.63) is 0 Å². The summed E-state index contributed by atoms with van der Waals surface area (Å²) in [4.78, 5) is 33.7. The van der Waals surface area contributed by atoms with Crippen LogP contribution in [0.25, 0.3) is 0 Å². The lowest BCUT2D eigenvalue weighted by molar-refractivity contribution is -0.151. The molecule has 0 amide bonds. The average molecular weight is 1110 g/mol. The quantitative estimate of drug-likeness (QED) is 0.0330. The fourth-order valence-corrected chi connectivity index (χ4v) is 12.6. The van der Waals surface area contributed by atoms with Gasteiger partial charge in [-0.3, -0.25) is 37.9 Å². The first-order chi connectivity index (χ1) is 37.8. The van der Waals surface area contributed by atoms with E-state index in [1.54, 1.807) is 0 Å². The Kier molecular flexibility index (Phi) is 49.6. The summed E-state index contributed by atoms with van der Waals surface area (Å²) in [5.74, 6) is -0.0690. The Balaban J connectivity index is 1.82. The molecule has 2 saturated heterocycles. The van der Waals surface area contributed by atoms with Gasteiger partial charge in [-0.2, -0.15) is 0 Å². The van der Waals surface area contributed by atoms with E-state index in [1.807, 2.05) is 0 Å². The van der Waals surface area contributed by atoms with E-state index in [0.717, 1.165) is 142 Å². The Labute approximate surface area is 477 Å². The topological polar surface area (TPSA) is 107 Å². The van der Waals surface area contributed by atoms with Gasteiger partial charge in [0.1, 0.15) is 12.2 Å². The summed E-state index contributed by atoms with van der Waals surface area (Å²) in [6.07, 6.45) is 52.8. The zero-order valence-electron chi connectivity index (χ0n) is 51.5. The number of likely N-dealkylation sites (tertiary alicyclic amines) is 2. The highest BCUT2D eigenvalue weighted by Gasteiger charge is 2.27. The van der Waals surface area contributed by atoms with Crippen LogP contribution in [0.4, 0.5) is 0 Å². The van der Waals surface area contributed by atoms with E-state index in [4.69, 9.17) is 23.0 Å². The molecule has 0 aliphatic carbocycles. The van der Waals surface area contributed by atoms with Crippen molar-refractivity contribution >= 4 is 19.8 Å². The summed E-state index contributed by atoms with van der Waals surface area (Å²) in [5, 5.41) is 0. The minimum Gasteiger partial charge on any atom is -0.462 e. The van der Waals surface area contributed by atoms with Crippen LogP contribution in [0, 0.1) is 0 Å². The molecule has 11 nitrogen and oxygen atoms in total. The lowest BCUT2D eigenvalue weighted by Gasteiger charge is -2.37. The number of piperidine rings is 2. The lowest BCUT2D eigenvalue weighted by atomic mass is 10.0. The van der Waals surface area contributed by atoms with Gasteiger partial charge in [-0.1, -0.05) is 207 Å². The molecule has 0 atom stereocenters. The molecule has 2 aliphatic rings. The van der Waals surface area contributed by atoms with E-state index in [-0.39, 0.29) is 24.1 Å². The molecule has 2 heterocycles. The molecule has 0 bridgehead atoms. The van der Waals surface area contributed by atoms with Crippen molar-refractivity contribution in [1.29, 1.82) is 0 Å². The molecule has 0 saturated carbocycles. The van der Waals surface area contributed by atoms with E-state index < -0.39 is 7.82 Å². The Morgan fingerprint density at radius 2 is 0.662 bits per heavy atom. The average Bonchev–Trinajstić information content (AvgIpc) is 3.43. The standard InChI is InChI=1S/C65H128N3O8P/c1-5-9-13-17-23-33-46-62(47-34-24-18-14-10-6-2)75-64(69)50-37-27-21-29-43-57-72-77(71,74-59-45-56-68(60-66-52-39-31-40-53-66)61-67-54-41-32-42-55-67)73-58-44-30-22-28-38-51-65(70)76-63(48-35-25-19-15-11-7-3)49-36-26-20-16-12-8-4/h62-63H,5-61H2,1-4H3. The number of carbonyl (C=O) groups is 2. The van der Waals surface area contributed by atoms with Crippen LogP contribution in [0.5, 0.6) is 0 Å². The van der Waals surface area contributed by atoms with Gasteiger partial charge in [-0.05, 0) is 135 Å². The largest absolute Gasteiger partial charge is 0.474 e. The Morgan fingerprint density at radius 3 is 1.00 bits per heavy atom. The van der Waals surface area contributed by atoms with Crippen LogP contribution in [0.3, 0.4) is 0 Å². The molecule has 0 spiro atoms. The summed E-state index contributed by atoms with van der Waals surface area (Å²) < 4.78 is 44.6. The van der Waals surface area contributed by atoms with Gasteiger partial charge in [0.15, 0.2) is 0 Å². The van der Waals surface area contributed by atoms with Crippen molar-refractivity contribution in [2.24, 2.45) is 0 Å². The summed E-state index contributed by atoms with van der Waals surface area (Å²) in [7, 11) is -3.75. The predicted octanol–water partition coefficient (Wildman–Crippen LogP) is 19.2. The summed E-state index contributed by atoms with van der Waals surface area (Å²) in [6.45, 7) is 17.5. The first-order valence-corrected chi connectivity index (χ1v) is 35.4. The molecule has 2 fully saturated rings. The third-order valence-electron chi connectivity index (χ3n) is 16.2. The number of carbonyl (C=O) groups excluding carboxylic acids is 2. The Morgan fingerprint density at radius 1 is 0.377 bits per heavy atom. The second kappa shape index (κ2) is 53.0. The van der Waals surface area contributed by atoms with Crippen molar-refractivity contribution in [1.82, 2.24) is 14.7 Å². The summed E-state index contributed by atoms with van der Waals surface area (Å²) in [5.41, 5.74) is 0. The first-order valence-electron chi connectivity index (χ1n) is 33.9. The smallest absolute Gasteiger partial charge is 0.462 e. The van der Waals surface area contributed by atoms with Gasteiger partial charge in [0, 0.05) is 19.4 Å². The second-order valence-corrected chi connectivity index (χ2v) is 25.5. The first kappa shape index (κ1) is 72.0. The van der Waals surface area contributed by atoms with Crippen molar-refractivity contribution in [3.63, 3.8) is 0 Å². The van der Waals surface area contributed by atoms with Crippen molar-refractivity contribution in [3.8, 4) is 0 Å². The third kappa shape index (κ3) is 44.2. The number of hydrogen-bond acceptors (Lipinski definition) is 11. The number of phosphoric acid groups is 1. The molecular formula is C65H128N3O8P. The summed E-state index contributed by atoms with van der Waals surface area (Å²) in [6, 6.07) is 0. The molecule has 12 heteroatoms. The minimum absolute atomic E-state index is 0.0345. The van der Waals surface area contributed by atoms with Gasteiger partial charge in [0.05, 0.1) is 33.2 Å². The maximum atomic E-state index is 14.2. The molecule has 0 aromatic carbocycles. The Bertz CT molecular complexity index is 1230. The fourth-order valence-electron chi connectivity index (χ4n) is 11.3.